The van der Waals surface area contributed by atoms with Gasteiger partial charge in [0.1, 0.15) is 23.3 Å². The number of amides is 2. The lowest BCUT2D eigenvalue weighted by atomic mass is 10.0. The molecule has 0 spiro atoms. The summed E-state index contributed by atoms with van der Waals surface area (Å²) in [6.45, 7) is 23.3. The second-order valence-corrected chi connectivity index (χ2v) is 18.1. The van der Waals surface area contributed by atoms with Crippen molar-refractivity contribution >= 4 is 57.6 Å². The van der Waals surface area contributed by atoms with Crippen molar-refractivity contribution in [3.05, 3.63) is 130 Å². The molecule has 0 aliphatic carbocycles. The summed E-state index contributed by atoms with van der Waals surface area (Å²) in [6, 6.07) is 17.1. The first-order valence-corrected chi connectivity index (χ1v) is 22.0. The summed E-state index contributed by atoms with van der Waals surface area (Å²) < 4.78 is 54.5. The Kier molecular flexibility index (Phi) is 20.7. The van der Waals surface area contributed by atoms with Gasteiger partial charge in [-0.25, -0.2) is 27.2 Å². The molecule has 0 unspecified atom stereocenters. The lowest BCUT2D eigenvalue weighted by Crippen LogP contribution is -2.32. The largest absolute Gasteiger partial charge is 0.478 e. The van der Waals surface area contributed by atoms with Gasteiger partial charge >= 0.3 is 11.9 Å². The molecule has 0 aliphatic rings. The van der Waals surface area contributed by atoms with Gasteiger partial charge in [-0.1, -0.05) is 79.7 Å². The topological polar surface area (TPSA) is 139 Å². The van der Waals surface area contributed by atoms with Crippen LogP contribution in [0.15, 0.2) is 84.9 Å². The Morgan fingerprint density at radius 1 is 0.515 bits per heavy atom. The van der Waals surface area contributed by atoms with Crippen molar-refractivity contribution in [2.75, 3.05) is 46.6 Å². The molecular weight excluding hydrogens is 853 g/mol. The molecule has 0 bridgehead atoms. The Morgan fingerprint density at radius 2 is 0.833 bits per heavy atom. The number of rotatable bonds is 20. The van der Waals surface area contributed by atoms with Crippen LogP contribution in [0.2, 0.25) is 0 Å². The zero-order valence-corrected chi connectivity index (χ0v) is 39.6. The fraction of sp³-hybridized carbons (Fsp3) is 0.385. The van der Waals surface area contributed by atoms with Crippen LogP contribution in [0.5, 0.6) is 0 Å². The van der Waals surface area contributed by atoms with Gasteiger partial charge in [-0.2, -0.15) is 0 Å². The van der Waals surface area contributed by atoms with Crippen LogP contribution >= 0.6 is 0 Å². The number of halogens is 4. The number of allylic oxidation sites excluding steroid dienone is 2. The second kappa shape index (κ2) is 25.3. The molecule has 0 fully saturated rings. The van der Waals surface area contributed by atoms with E-state index in [1.807, 2.05) is 24.3 Å². The van der Waals surface area contributed by atoms with Gasteiger partial charge in [0.25, 0.3) is 0 Å². The van der Waals surface area contributed by atoms with Crippen LogP contribution in [0.1, 0.15) is 91.5 Å². The molecule has 0 heterocycles. The summed E-state index contributed by atoms with van der Waals surface area (Å²) in [4.78, 5) is 52.2. The highest BCUT2D eigenvalue weighted by atomic mass is 19.1. The Bertz CT molecular complexity index is 2210. The molecule has 2 amide bonds. The molecule has 0 saturated heterocycles. The summed E-state index contributed by atoms with van der Waals surface area (Å²) in [5.74, 6) is -4.51. The minimum absolute atomic E-state index is 0.0924. The Balaban J connectivity index is 0.000000350. The van der Waals surface area contributed by atoms with E-state index >= 15 is 0 Å². The number of carbonyl (C=O) groups is 4. The first kappa shape index (κ1) is 53.9. The fourth-order valence-electron chi connectivity index (χ4n) is 7.22. The standard InChI is InChI=1S/2C26H32F2N2O3/c2*1-16(2)14-30(15-17(3)4)24-9-7-19(18(5)10-26(32)33)11-23(24)29-25(31)12-20-6-8-21(27)13-22(20)28/h2*6-11,13,16-17H,12,14-15H2,1-5H3,(H,29,31)(H,32,33)/b18-10+;18-10-. The van der Waals surface area contributed by atoms with Gasteiger partial charge in [-0.15, -0.1) is 0 Å². The monoisotopic (exact) mass is 916 g/mol. The van der Waals surface area contributed by atoms with Crippen molar-refractivity contribution in [2.24, 2.45) is 23.7 Å². The van der Waals surface area contributed by atoms with E-state index in [4.69, 9.17) is 10.2 Å². The molecule has 0 aromatic heterocycles. The van der Waals surface area contributed by atoms with Crippen molar-refractivity contribution < 1.29 is 47.0 Å². The number of hydrogen-bond donors (Lipinski definition) is 4. The second-order valence-electron chi connectivity index (χ2n) is 18.1. The summed E-state index contributed by atoms with van der Waals surface area (Å²) in [5, 5.41) is 23.9. The van der Waals surface area contributed by atoms with Gasteiger partial charge in [-0.05, 0) is 107 Å². The maximum absolute atomic E-state index is 14.0. The lowest BCUT2D eigenvalue weighted by Gasteiger charge is -2.31. The molecular formula is C52H64F4N4O6. The molecule has 10 nitrogen and oxygen atoms in total. The van der Waals surface area contributed by atoms with E-state index in [0.717, 1.165) is 74.0 Å². The van der Waals surface area contributed by atoms with Crippen LogP contribution in [0.4, 0.5) is 40.3 Å². The van der Waals surface area contributed by atoms with Crippen molar-refractivity contribution in [3.8, 4) is 0 Å². The third kappa shape index (κ3) is 17.9. The van der Waals surface area contributed by atoms with E-state index in [1.165, 1.54) is 12.1 Å². The zero-order chi connectivity index (χ0) is 49.4. The van der Waals surface area contributed by atoms with Gasteiger partial charge in [0.2, 0.25) is 11.8 Å². The number of hydrogen-bond acceptors (Lipinski definition) is 6. The molecule has 4 rings (SSSR count). The first-order valence-electron chi connectivity index (χ1n) is 22.0. The minimum atomic E-state index is -1.06. The molecule has 66 heavy (non-hydrogen) atoms. The third-order valence-corrected chi connectivity index (χ3v) is 9.89. The number of carboxylic acids is 2. The highest BCUT2D eigenvalue weighted by molar-refractivity contribution is 5.98. The van der Waals surface area contributed by atoms with E-state index in [1.54, 1.807) is 26.0 Å². The van der Waals surface area contributed by atoms with E-state index in [0.29, 0.717) is 57.3 Å². The van der Waals surface area contributed by atoms with E-state index < -0.39 is 47.0 Å². The average molecular weight is 917 g/mol. The van der Waals surface area contributed by atoms with E-state index in [9.17, 15) is 36.7 Å². The molecule has 14 heteroatoms. The summed E-state index contributed by atoms with van der Waals surface area (Å²) in [5.41, 5.74) is 5.19. The first-order chi connectivity index (χ1) is 30.9. The van der Waals surface area contributed by atoms with Crippen LogP contribution in [0, 0.1) is 46.9 Å². The third-order valence-electron chi connectivity index (χ3n) is 9.89. The zero-order valence-electron chi connectivity index (χ0n) is 39.6. The quantitative estimate of drug-likeness (QED) is 0.0508. The van der Waals surface area contributed by atoms with Gasteiger partial charge in [-0.3, -0.25) is 9.59 Å². The number of carboxylic acid groups (broad SMARTS) is 2. The van der Waals surface area contributed by atoms with Crippen molar-refractivity contribution in [2.45, 2.75) is 82.1 Å². The maximum atomic E-state index is 14.0. The fourth-order valence-corrected chi connectivity index (χ4v) is 7.22. The molecule has 0 radical (unpaired) electrons. The van der Waals surface area contributed by atoms with Crippen molar-refractivity contribution in [1.82, 2.24) is 0 Å². The van der Waals surface area contributed by atoms with Crippen LogP contribution in [0.3, 0.4) is 0 Å². The predicted octanol–water partition coefficient (Wildman–Crippen LogP) is 11.5. The number of nitrogens with zero attached hydrogens (tertiary/aromatic N) is 2. The highest BCUT2D eigenvalue weighted by Crippen LogP contribution is 2.33. The molecule has 356 valence electrons. The Hall–Kier alpha value is -6.44. The van der Waals surface area contributed by atoms with Crippen LogP contribution < -0.4 is 20.4 Å². The summed E-state index contributed by atoms with van der Waals surface area (Å²) in [7, 11) is 0. The molecule has 0 atom stereocenters. The highest BCUT2D eigenvalue weighted by Gasteiger charge is 2.20. The smallest absolute Gasteiger partial charge is 0.328 e. The number of nitrogens with one attached hydrogen (secondary N) is 2. The molecule has 0 saturated carbocycles. The van der Waals surface area contributed by atoms with Crippen LogP contribution in [-0.2, 0) is 32.0 Å². The Labute approximate surface area is 386 Å². The maximum Gasteiger partial charge on any atom is 0.328 e. The molecule has 4 aromatic rings. The minimum Gasteiger partial charge on any atom is -0.478 e. The van der Waals surface area contributed by atoms with Crippen molar-refractivity contribution in [3.63, 3.8) is 0 Å². The number of anilines is 4. The average Bonchev–Trinajstić information content (AvgIpc) is 3.18. The van der Waals surface area contributed by atoms with E-state index in [2.05, 4.69) is 75.8 Å². The summed E-state index contributed by atoms with van der Waals surface area (Å²) >= 11 is 0. The van der Waals surface area contributed by atoms with Crippen LogP contribution in [-0.4, -0.2) is 60.1 Å². The SMILES string of the molecule is C/C(=C/C(=O)O)c1ccc(N(CC(C)C)CC(C)C)c(NC(=O)Cc2ccc(F)cc2F)c1.C/C(=C\C(=O)O)c1ccc(N(CC(C)C)CC(C)C)c(NC(=O)Cc2ccc(F)cc2F)c1. The van der Waals surface area contributed by atoms with Gasteiger partial charge in [0.15, 0.2) is 0 Å². The number of benzene rings is 4. The van der Waals surface area contributed by atoms with Gasteiger partial charge in [0.05, 0.1) is 35.6 Å². The normalized spacial score (nSPS) is 11.7. The molecule has 4 aromatic carbocycles. The Morgan fingerprint density at radius 3 is 1.11 bits per heavy atom. The van der Waals surface area contributed by atoms with Gasteiger partial charge < -0.3 is 30.6 Å². The number of aliphatic carboxylic acids is 2. The number of carbonyl (C=O) groups excluding carboxylic acids is 2. The molecule has 0 aliphatic heterocycles. The van der Waals surface area contributed by atoms with Crippen molar-refractivity contribution in [1.29, 1.82) is 0 Å². The van der Waals surface area contributed by atoms with Crippen LogP contribution in [0.25, 0.3) is 11.1 Å². The predicted molar refractivity (Wildman–Crippen MR) is 257 cm³/mol. The van der Waals surface area contributed by atoms with E-state index in [-0.39, 0.29) is 24.0 Å². The molecule has 4 N–H and O–H groups in total. The lowest BCUT2D eigenvalue weighted by molar-refractivity contribution is -0.132. The summed E-state index contributed by atoms with van der Waals surface area (Å²) in [6.07, 6.45) is 1.70. The van der Waals surface area contributed by atoms with Gasteiger partial charge in [0, 0.05) is 50.5 Å².